The number of aliphatic hydroxyl groups is 1. The molecule has 1 saturated heterocycles. The maximum absolute atomic E-state index is 15.1. The van der Waals surface area contributed by atoms with Crippen molar-refractivity contribution in [3.8, 4) is 28.0 Å². The van der Waals surface area contributed by atoms with Gasteiger partial charge in [0.05, 0.1) is 12.7 Å². The van der Waals surface area contributed by atoms with E-state index in [0.29, 0.717) is 35.5 Å². The van der Waals surface area contributed by atoms with E-state index in [4.69, 9.17) is 9.47 Å². The van der Waals surface area contributed by atoms with Crippen LogP contribution in [0.2, 0.25) is 0 Å². The molecule has 0 amide bonds. The highest BCUT2D eigenvalue weighted by atomic mass is 19.2. The third-order valence-electron chi connectivity index (χ3n) is 6.57. The summed E-state index contributed by atoms with van der Waals surface area (Å²) in [5.74, 6) is -1.80. The summed E-state index contributed by atoms with van der Waals surface area (Å²) < 4.78 is 55.1. The molecule has 1 aliphatic heterocycles. The topological polar surface area (TPSA) is 42.0 Å². The Morgan fingerprint density at radius 1 is 0.865 bits per heavy atom. The Bertz CT molecular complexity index is 1380. The molecule has 1 N–H and O–H groups in total. The summed E-state index contributed by atoms with van der Waals surface area (Å²) in [7, 11) is 0. The van der Waals surface area contributed by atoms with Crippen LogP contribution in [0.1, 0.15) is 48.7 Å². The molecule has 2 unspecified atom stereocenters. The Labute approximate surface area is 214 Å². The van der Waals surface area contributed by atoms with Crippen LogP contribution in [0.25, 0.3) is 22.3 Å². The lowest BCUT2D eigenvalue weighted by Gasteiger charge is -2.12. The Morgan fingerprint density at radius 2 is 1.46 bits per heavy atom. The van der Waals surface area contributed by atoms with Gasteiger partial charge in [0.15, 0.2) is 11.6 Å². The zero-order valence-corrected chi connectivity index (χ0v) is 20.4. The van der Waals surface area contributed by atoms with Crippen LogP contribution in [0, 0.1) is 17.5 Å². The Balaban J connectivity index is 1.28. The second-order valence-corrected chi connectivity index (χ2v) is 9.21. The summed E-state index contributed by atoms with van der Waals surface area (Å²) >= 11 is 0. The predicted octanol–water partition coefficient (Wildman–Crippen LogP) is 7.92. The fourth-order valence-electron chi connectivity index (χ4n) is 4.35. The lowest BCUT2D eigenvalue weighted by molar-refractivity contribution is 0.166. The van der Waals surface area contributed by atoms with Gasteiger partial charge in [-0.1, -0.05) is 74.0 Å². The molecule has 37 heavy (non-hydrogen) atoms. The lowest BCUT2D eigenvalue weighted by atomic mass is 9.96. The largest absolute Gasteiger partial charge is 0.489 e. The van der Waals surface area contributed by atoms with Crippen molar-refractivity contribution in [1.82, 2.24) is 0 Å². The summed E-state index contributed by atoms with van der Waals surface area (Å²) in [6.07, 6.45) is 0.762. The van der Waals surface area contributed by atoms with Gasteiger partial charge < -0.3 is 14.6 Å². The molecule has 1 heterocycles. The van der Waals surface area contributed by atoms with Crippen LogP contribution < -0.4 is 4.74 Å². The molecule has 3 nitrogen and oxygen atoms in total. The first kappa shape index (κ1) is 25.1. The zero-order chi connectivity index (χ0) is 25.9. The number of hydrogen-bond donors (Lipinski definition) is 1. The maximum Gasteiger partial charge on any atom is 0.167 e. The molecular formula is C31H27F3O3. The molecule has 0 saturated carbocycles. The average Bonchev–Trinajstić information content (AvgIpc) is 3.75. The molecule has 190 valence electrons. The number of ether oxygens (including phenoxy) is 2. The normalized spacial score (nSPS) is 15.4. The number of epoxide rings is 1. The lowest BCUT2D eigenvalue weighted by Crippen LogP contribution is -1.98. The van der Waals surface area contributed by atoms with Gasteiger partial charge in [0, 0.05) is 22.8 Å². The molecule has 1 fully saturated rings. The molecule has 4 aromatic rings. The first-order chi connectivity index (χ1) is 17.9. The molecule has 4 aromatic carbocycles. The van der Waals surface area contributed by atoms with Gasteiger partial charge in [-0.15, -0.1) is 0 Å². The average molecular weight is 505 g/mol. The van der Waals surface area contributed by atoms with Crippen LogP contribution in [0.5, 0.6) is 5.75 Å². The molecule has 0 aliphatic carbocycles. The second-order valence-electron chi connectivity index (χ2n) is 9.21. The molecule has 2 atom stereocenters. The molecular weight excluding hydrogens is 477 g/mol. The van der Waals surface area contributed by atoms with E-state index in [-0.39, 0.29) is 29.7 Å². The highest BCUT2D eigenvalue weighted by Crippen LogP contribution is 2.34. The third-order valence-corrected chi connectivity index (χ3v) is 6.57. The fraction of sp³-hybridized carbons (Fsp3) is 0.226. The molecule has 5 rings (SSSR count). The van der Waals surface area contributed by atoms with Crippen LogP contribution in [0.4, 0.5) is 13.2 Å². The van der Waals surface area contributed by atoms with Gasteiger partial charge in [-0.25, -0.2) is 13.2 Å². The summed E-state index contributed by atoms with van der Waals surface area (Å²) in [6, 6.07) is 21.6. The van der Waals surface area contributed by atoms with Crippen molar-refractivity contribution in [1.29, 1.82) is 0 Å². The van der Waals surface area contributed by atoms with E-state index in [1.54, 1.807) is 72.8 Å². The second kappa shape index (κ2) is 10.8. The van der Waals surface area contributed by atoms with Gasteiger partial charge in [-0.3, -0.25) is 0 Å². The molecule has 0 spiro atoms. The zero-order valence-electron chi connectivity index (χ0n) is 20.4. The van der Waals surface area contributed by atoms with Crippen molar-refractivity contribution in [3.63, 3.8) is 0 Å². The smallest absolute Gasteiger partial charge is 0.167 e. The molecule has 6 heteroatoms. The van der Waals surface area contributed by atoms with Crippen molar-refractivity contribution in [2.45, 2.75) is 38.6 Å². The standard InChI is InChI=1S/C31H27F3O3/c1-2-3-28(35)22-10-8-21(9-11-22)25-15-14-24(30(33)31(25)34)20-6-4-19(5-7-20)17-36-23-12-13-26(27(32)16-23)29-18-37-29/h4-16,28-29,35H,2-3,17-18H2,1H3. The van der Waals surface area contributed by atoms with Gasteiger partial charge in [-0.2, -0.15) is 0 Å². The number of benzene rings is 4. The minimum absolute atomic E-state index is 0.156. The Hall–Kier alpha value is -3.61. The van der Waals surface area contributed by atoms with Gasteiger partial charge in [-0.05, 0) is 40.8 Å². The Kier molecular flexibility index (Phi) is 7.31. The van der Waals surface area contributed by atoms with Crippen molar-refractivity contribution in [3.05, 3.63) is 113 Å². The maximum atomic E-state index is 15.1. The first-order valence-corrected chi connectivity index (χ1v) is 12.3. The third kappa shape index (κ3) is 5.55. The summed E-state index contributed by atoms with van der Waals surface area (Å²) in [5.41, 5.74) is 3.48. The van der Waals surface area contributed by atoms with Crippen LogP contribution in [0.3, 0.4) is 0 Å². The van der Waals surface area contributed by atoms with Crippen molar-refractivity contribution >= 4 is 0 Å². The van der Waals surface area contributed by atoms with E-state index >= 15 is 8.78 Å². The first-order valence-electron chi connectivity index (χ1n) is 12.3. The van der Waals surface area contributed by atoms with Crippen molar-refractivity contribution in [2.24, 2.45) is 0 Å². The van der Waals surface area contributed by atoms with E-state index in [1.807, 2.05) is 6.92 Å². The van der Waals surface area contributed by atoms with Crippen molar-refractivity contribution < 1.29 is 27.8 Å². The van der Waals surface area contributed by atoms with E-state index in [9.17, 15) is 9.50 Å². The highest BCUT2D eigenvalue weighted by Gasteiger charge is 2.27. The quantitative estimate of drug-likeness (QED) is 0.235. The van der Waals surface area contributed by atoms with E-state index in [1.165, 1.54) is 6.07 Å². The van der Waals surface area contributed by atoms with Gasteiger partial charge in [0.25, 0.3) is 0 Å². The van der Waals surface area contributed by atoms with Crippen LogP contribution in [0.15, 0.2) is 78.9 Å². The summed E-state index contributed by atoms with van der Waals surface area (Å²) in [5, 5.41) is 10.1. The van der Waals surface area contributed by atoms with Crippen LogP contribution in [-0.4, -0.2) is 11.7 Å². The molecule has 0 radical (unpaired) electrons. The van der Waals surface area contributed by atoms with E-state index < -0.39 is 17.7 Å². The number of halogens is 3. The van der Waals surface area contributed by atoms with E-state index in [0.717, 1.165) is 17.5 Å². The summed E-state index contributed by atoms with van der Waals surface area (Å²) in [4.78, 5) is 0. The minimum atomic E-state index is -0.924. The van der Waals surface area contributed by atoms with Crippen LogP contribution in [-0.2, 0) is 11.3 Å². The number of hydrogen-bond acceptors (Lipinski definition) is 3. The molecule has 0 aromatic heterocycles. The van der Waals surface area contributed by atoms with Crippen molar-refractivity contribution in [2.75, 3.05) is 6.61 Å². The molecule has 1 aliphatic rings. The minimum Gasteiger partial charge on any atom is -0.489 e. The number of aliphatic hydroxyl groups excluding tert-OH is 1. The Morgan fingerprint density at radius 3 is 2.00 bits per heavy atom. The SMILES string of the molecule is CCCC(O)c1ccc(-c2ccc(-c3ccc(COc4ccc(C5CO5)c(F)c4)cc3)c(F)c2F)cc1. The van der Waals surface area contributed by atoms with Gasteiger partial charge in [0.2, 0.25) is 0 Å². The highest BCUT2D eigenvalue weighted by molar-refractivity contribution is 5.72. The van der Waals surface area contributed by atoms with Crippen LogP contribution >= 0.6 is 0 Å². The van der Waals surface area contributed by atoms with E-state index in [2.05, 4.69) is 0 Å². The van der Waals surface area contributed by atoms with Gasteiger partial charge >= 0.3 is 0 Å². The monoisotopic (exact) mass is 504 g/mol. The summed E-state index contributed by atoms with van der Waals surface area (Å²) in [6.45, 7) is 2.73. The molecule has 0 bridgehead atoms. The number of rotatable bonds is 9. The predicted molar refractivity (Wildman–Crippen MR) is 137 cm³/mol. The van der Waals surface area contributed by atoms with Gasteiger partial charge in [0.1, 0.15) is 24.3 Å². The fourth-order valence-corrected chi connectivity index (χ4v) is 4.35.